The van der Waals surface area contributed by atoms with E-state index in [0.717, 1.165) is 17.7 Å². The van der Waals surface area contributed by atoms with Gasteiger partial charge in [0.1, 0.15) is 5.75 Å². The molecular formula is C14H21NO. The molecule has 88 valence electrons. The molecule has 0 spiro atoms. The molecule has 0 amide bonds. The van der Waals surface area contributed by atoms with Crippen LogP contribution in [0.3, 0.4) is 0 Å². The first-order valence-corrected chi connectivity index (χ1v) is 5.53. The van der Waals surface area contributed by atoms with Crippen LogP contribution in [0.25, 0.3) is 5.57 Å². The molecule has 0 aliphatic rings. The lowest BCUT2D eigenvalue weighted by molar-refractivity contribution is 0.386. The van der Waals surface area contributed by atoms with Gasteiger partial charge >= 0.3 is 0 Å². The van der Waals surface area contributed by atoms with Gasteiger partial charge in [-0.1, -0.05) is 17.7 Å². The molecule has 2 nitrogen and oxygen atoms in total. The normalized spacial score (nSPS) is 10.6. The van der Waals surface area contributed by atoms with Gasteiger partial charge in [-0.25, -0.2) is 0 Å². The summed E-state index contributed by atoms with van der Waals surface area (Å²) < 4.78 is 0. The standard InChI is InChI=1S/C14H21NO/c1-10(2)11(3)12-6-7-13(9-15(4)5)14(16)8-12/h6-8,16H,9H2,1-5H3. The molecule has 0 unspecified atom stereocenters. The number of nitrogens with zero attached hydrogens (tertiary/aromatic N) is 1. The minimum Gasteiger partial charge on any atom is -0.508 e. The number of aromatic hydroxyl groups is 1. The van der Waals surface area contributed by atoms with Crippen LogP contribution in [0, 0.1) is 0 Å². The van der Waals surface area contributed by atoms with Gasteiger partial charge in [0, 0.05) is 12.1 Å². The Morgan fingerprint density at radius 3 is 2.25 bits per heavy atom. The van der Waals surface area contributed by atoms with Crippen LogP contribution in [0.15, 0.2) is 23.8 Å². The Morgan fingerprint density at radius 2 is 1.81 bits per heavy atom. The van der Waals surface area contributed by atoms with Gasteiger partial charge in [0.05, 0.1) is 0 Å². The fourth-order valence-corrected chi connectivity index (χ4v) is 1.56. The summed E-state index contributed by atoms with van der Waals surface area (Å²) in [7, 11) is 3.99. The molecule has 1 N–H and O–H groups in total. The van der Waals surface area contributed by atoms with Gasteiger partial charge in [-0.05, 0) is 52.1 Å². The van der Waals surface area contributed by atoms with E-state index in [0.29, 0.717) is 5.75 Å². The zero-order valence-electron chi connectivity index (χ0n) is 10.8. The number of phenolic OH excluding ortho intramolecular Hbond substituents is 1. The molecule has 0 heterocycles. The Hall–Kier alpha value is -1.28. The van der Waals surface area contributed by atoms with Crippen LogP contribution in [0.1, 0.15) is 31.9 Å². The highest BCUT2D eigenvalue weighted by Crippen LogP contribution is 2.25. The molecule has 0 aromatic heterocycles. The fourth-order valence-electron chi connectivity index (χ4n) is 1.56. The average Bonchev–Trinajstić information content (AvgIpc) is 2.19. The van der Waals surface area contributed by atoms with E-state index in [-0.39, 0.29) is 0 Å². The predicted molar refractivity (Wildman–Crippen MR) is 69.4 cm³/mol. The van der Waals surface area contributed by atoms with Gasteiger partial charge in [0.15, 0.2) is 0 Å². The molecule has 0 aliphatic carbocycles. The zero-order valence-corrected chi connectivity index (χ0v) is 10.8. The van der Waals surface area contributed by atoms with Crippen molar-refractivity contribution in [3.63, 3.8) is 0 Å². The molecular weight excluding hydrogens is 198 g/mol. The molecule has 1 aromatic carbocycles. The van der Waals surface area contributed by atoms with Crippen LogP contribution in [0.2, 0.25) is 0 Å². The molecule has 0 saturated carbocycles. The van der Waals surface area contributed by atoms with Crippen LogP contribution < -0.4 is 0 Å². The summed E-state index contributed by atoms with van der Waals surface area (Å²) in [5.74, 6) is 0.381. The average molecular weight is 219 g/mol. The summed E-state index contributed by atoms with van der Waals surface area (Å²) in [5.41, 5.74) is 4.57. The molecule has 1 rings (SSSR count). The van der Waals surface area contributed by atoms with Crippen LogP contribution >= 0.6 is 0 Å². The van der Waals surface area contributed by atoms with Crippen molar-refractivity contribution in [2.45, 2.75) is 27.3 Å². The maximum Gasteiger partial charge on any atom is 0.120 e. The quantitative estimate of drug-likeness (QED) is 0.843. The summed E-state index contributed by atoms with van der Waals surface area (Å²) in [6.45, 7) is 7.01. The molecule has 0 saturated heterocycles. The van der Waals surface area contributed by atoms with Gasteiger partial charge in [-0.2, -0.15) is 0 Å². The third-order valence-electron chi connectivity index (χ3n) is 2.75. The summed E-state index contributed by atoms with van der Waals surface area (Å²) in [6, 6.07) is 5.92. The number of allylic oxidation sites excluding steroid dienone is 2. The fraction of sp³-hybridized carbons (Fsp3) is 0.429. The topological polar surface area (TPSA) is 23.5 Å². The second-order valence-corrected chi connectivity index (χ2v) is 4.71. The molecule has 1 aromatic rings. The lowest BCUT2D eigenvalue weighted by Gasteiger charge is -2.13. The smallest absolute Gasteiger partial charge is 0.120 e. The third-order valence-corrected chi connectivity index (χ3v) is 2.75. The second-order valence-electron chi connectivity index (χ2n) is 4.71. The Kier molecular flexibility index (Phi) is 4.13. The van der Waals surface area contributed by atoms with Crippen molar-refractivity contribution in [2.24, 2.45) is 0 Å². The van der Waals surface area contributed by atoms with Gasteiger partial charge < -0.3 is 10.0 Å². The zero-order chi connectivity index (χ0) is 12.3. The second kappa shape index (κ2) is 5.17. The highest BCUT2D eigenvalue weighted by molar-refractivity contribution is 5.67. The Labute approximate surface area is 98.2 Å². The van der Waals surface area contributed by atoms with Crippen molar-refractivity contribution in [1.29, 1.82) is 0 Å². The van der Waals surface area contributed by atoms with E-state index in [1.165, 1.54) is 11.1 Å². The van der Waals surface area contributed by atoms with Crippen molar-refractivity contribution in [3.8, 4) is 5.75 Å². The molecule has 0 aliphatic heterocycles. The summed E-state index contributed by atoms with van der Waals surface area (Å²) in [5, 5.41) is 9.92. The molecule has 0 bridgehead atoms. The number of phenols is 1. The number of hydrogen-bond donors (Lipinski definition) is 1. The van der Waals surface area contributed by atoms with E-state index in [2.05, 4.69) is 26.8 Å². The van der Waals surface area contributed by atoms with E-state index < -0.39 is 0 Å². The van der Waals surface area contributed by atoms with Crippen molar-refractivity contribution < 1.29 is 5.11 Å². The molecule has 0 fully saturated rings. The van der Waals surface area contributed by atoms with Gasteiger partial charge in [0.25, 0.3) is 0 Å². The van der Waals surface area contributed by atoms with Gasteiger partial charge in [-0.3, -0.25) is 0 Å². The van der Waals surface area contributed by atoms with E-state index in [1.807, 2.05) is 31.1 Å². The first kappa shape index (κ1) is 12.8. The number of benzene rings is 1. The van der Waals surface area contributed by atoms with E-state index >= 15 is 0 Å². The molecule has 2 heteroatoms. The Balaban J connectivity index is 3.05. The SMILES string of the molecule is CC(C)=C(C)c1ccc(CN(C)C)c(O)c1. The minimum absolute atomic E-state index is 0.381. The van der Waals surface area contributed by atoms with Crippen molar-refractivity contribution in [1.82, 2.24) is 4.90 Å². The summed E-state index contributed by atoms with van der Waals surface area (Å²) in [6.07, 6.45) is 0. The molecule has 0 atom stereocenters. The first-order valence-electron chi connectivity index (χ1n) is 5.53. The van der Waals surface area contributed by atoms with Crippen LogP contribution in [0.5, 0.6) is 5.75 Å². The molecule has 0 radical (unpaired) electrons. The van der Waals surface area contributed by atoms with E-state index in [9.17, 15) is 5.11 Å². The van der Waals surface area contributed by atoms with E-state index in [4.69, 9.17) is 0 Å². The highest BCUT2D eigenvalue weighted by atomic mass is 16.3. The first-order chi connectivity index (χ1) is 7.41. The Morgan fingerprint density at radius 1 is 1.19 bits per heavy atom. The lowest BCUT2D eigenvalue weighted by atomic mass is 10.0. The van der Waals surface area contributed by atoms with E-state index in [1.54, 1.807) is 0 Å². The summed E-state index contributed by atoms with van der Waals surface area (Å²) in [4.78, 5) is 2.04. The van der Waals surface area contributed by atoms with Gasteiger partial charge in [0.2, 0.25) is 0 Å². The number of rotatable bonds is 3. The largest absolute Gasteiger partial charge is 0.508 e. The highest BCUT2D eigenvalue weighted by Gasteiger charge is 2.05. The van der Waals surface area contributed by atoms with Crippen molar-refractivity contribution in [2.75, 3.05) is 14.1 Å². The van der Waals surface area contributed by atoms with Crippen molar-refractivity contribution in [3.05, 3.63) is 34.9 Å². The van der Waals surface area contributed by atoms with Crippen LogP contribution in [0.4, 0.5) is 0 Å². The lowest BCUT2D eigenvalue weighted by Crippen LogP contribution is -2.10. The van der Waals surface area contributed by atoms with Crippen LogP contribution in [-0.2, 0) is 6.54 Å². The van der Waals surface area contributed by atoms with Crippen molar-refractivity contribution >= 4 is 5.57 Å². The minimum atomic E-state index is 0.381. The Bertz CT molecular complexity index is 401. The predicted octanol–water partition coefficient (Wildman–Crippen LogP) is 3.27. The maximum atomic E-state index is 9.92. The molecule has 16 heavy (non-hydrogen) atoms. The van der Waals surface area contributed by atoms with Crippen LogP contribution in [-0.4, -0.2) is 24.1 Å². The monoisotopic (exact) mass is 219 g/mol. The number of hydrogen-bond acceptors (Lipinski definition) is 2. The summed E-state index contributed by atoms with van der Waals surface area (Å²) >= 11 is 0. The maximum absolute atomic E-state index is 9.92. The van der Waals surface area contributed by atoms with Gasteiger partial charge in [-0.15, -0.1) is 0 Å². The third kappa shape index (κ3) is 3.11.